The Morgan fingerprint density at radius 3 is 2.50 bits per heavy atom. The van der Waals surface area contributed by atoms with E-state index in [0.717, 1.165) is 10.0 Å². The summed E-state index contributed by atoms with van der Waals surface area (Å²) in [6.07, 6.45) is 0. The first-order chi connectivity index (χ1) is 8.47. The maximum atomic E-state index is 12.2. The number of rotatable bonds is 5. The summed E-state index contributed by atoms with van der Waals surface area (Å²) < 4.78 is 1.02. The van der Waals surface area contributed by atoms with Crippen LogP contribution in [0.15, 0.2) is 28.7 Å². The Morgan fingerprint density at radius 2 is 2.00 bits per heavy atom. The van der Waals surface area contributed by atoms with Crippen molar-refractivity contribution < 1.29 is 4.79 Å². The average Bonchev–Trinajstić information content (AvgIpc) is 2.36. The van der Waals surface area contributed by atoms with E-state index in [0.29, 0.717) is 13.1 Å². The van der Waals surface area contributed by atoms with E-state index in [1.807, 2.05) is 45.0 Å². The van der Waals surface area contributed by atoms with E-state index < -0.39 is 6.04 Å². The van der Waals surface area contributed by atoms with Crippen molar-refractivity contribution in [2.45, 2.75) is 33.4 Å². The smallest absolute Gasteiger partial charge is 0.240 e. The molecule has 0 heterocycles. The molecule has 1 aromatic rings. The second-order valence-corrected chi connectivity index (χ2v) is 5.57. The summed E-state index contributed by atoms with van der Waals surface area (Å²) in [5.74, 6) is 0.175. The molecule has 0 aliphatic carbocycles. The molecule has 1 aromatic carbocycles. The highest BCUT2D eigenvalue weighted by Gasteiger charge is 2.22. The fraction of sp³-hybridized carbons (Fsp3) is 0.500. The molecule has 0 radical (unpaired) electrons. The Balaban J connectivity index is 2.80. The minimum Gasteiger partial charge on any atom is -0.337 e. The number of amides is 1. The van der Waals surface area contributed by atoms with Crippen molar-refractivity contribution in [2.24, 2.45) is 11.7 Å². The molecule has 0 saturated carbocycles. The minimum atomic E-state index is -0.424. The van der Waals surface area contributed by atoms with Crippen molar-refractivity contribution in [1.29, 1.82) is 0 Å². The number of halogens is 1. The first-order valence-corrected chi connectivity index (χ1v) is 7.04. The molecule has 0 saturated heterocycles. The number of nitrogens with zero attached hydrogens (tertiary/aromatic N) is 1. The SMILES string of the molecule is CCN(Cc1ccccc1Br)C(=O)[C@@H](N)C(C)C. The summed E-state index contributed by atoms with van der Waals surface area (Å²) in [6.45, 7) is 7.17. The van der Waals surface area contributed by atoms with E-state index in [4.69, 9.17) is 5.73 Å². The van der Waals surface area contributed by atoms with E-state index in [2.05, 4.69) is 15.9 Å². The molecule has 3 nitrogen and oxygen atoms in total. The van der Waals surface area contributed by atoms with Crippen LogP contribution in [0.2, 0.25) is 0 Å². The highest BCUT2D eigenvalue weighted by molar-refractivity contribution is 9.10. The lowest BCUT2D eigenvalue weighted by atomic mass is 10.0. The lowest BCUT2D eigenvalue weighted by Crippen LogP contribution is -2.46. The second kappa shape index (κ2) is 6.90. The van der Waals surface area contributed by atoms with Crippen molar-refractivity contribution in [3.63, 3.8) is 0 Å². The molecule has 1 rings (SSSR count). The van der Waals surface area contributed by atoms with Crippen LogP contribution in [0.1, 0.15) is 26.3 Å². The second-order valence-electron chi connectivity index (χ2n) is 4.71. The molecule has 0 aliphatic rings. The third-order valence-corrected chi connectivity index (χ3v) is 3.79. The monoisotopic (exact) mass is 312 g/mol. The van der Waals surface area contributed by atoms with Crippen LogP contribution in [0.4, 0.5) is 0 Å². The molecule has 0 bridgehead atoms. The summed E-state index contributed by atoms with van der Waals surface area (Å²) >= 11 is 3.50. The van der Waals surface area contributed by atoms with Crippen LogP contribution >= 0.6 is 15.9 Å². The van der Waals surface area contributed by atoms with Crippen molar-refractivity contribution >= 4 is 21.8 Å². The van der Waals surface area contributed by atoms with E-state index in [1.165, 1.54) is 0 Å². The largest absolute Gasteiger partial charge is 0.337 e. The van der Waals surface area contributed by atoms with Gasteiger partial charge in [0.15, 0.2) is 0 Å². The number of nitrogens with two attached hydrogens (primary N) is 1. The number of likely N-dealkylation sites (N-methyl/N-ethyl adjacent to an activating group) is 1. The summed E-state index contributed by atoms with van der Waals surface area (Å²) in [7, 11) is 0. The molecule has 0 aromatic heterocycles. The van der Waals surface area contributed by atoms with E-state index >= 15 is 0 Å². The number of benzene rings is 1. The van der Waals surface area contributed by atoms with Crippen molar-refractivity contribution in [2.75, 3.05) is 6.54 Å². The highest BCUT2D eigenvalue weighted by atomic mass is 79.9. The van der Waals surface area contributed by atoms with Gasteiger partial charge in [-0.2, -0.15) is 0 Å². The van der Waals surface area contributed by atoms with Gasteiger partial charge in [-0.1, -0.05) is 48.0 Å². The first kappa shape index (κ1) is 15.2. The van der Waals surface area contributed by atoms with Gasteiger partial charge >= 0.3 is 0 Å². The summed E-state index contributed by atoms with van der Waals surface area (Å²) in [5, 5.41) is 0. The lowest BCUT2D eigenvalue weighted by molar-refractivity contribution is -0.134. The van der Waals surface area contributed by atoms with E-state index in [9.17, 15) is 4.79 Å². The third-order valence-electron chi connectivity index (χ3n) is 3.02. The van der Waals surface area contributed by atoms with Crippen LogP contribution in [-0.2, 0) is 11.3 Å². The van der Waals surface area contributed by atoms with Gasteiger partial charge in [-0.3, -0.25) is 4.79 Å². The zero-order valence-electron chi connectivity index (χ0n) is 11.2. The number of carbonyl (C=O) groups excluding carboxylic acids is 1. The average molecular weight is 313 g/mol. The van der Waals surface area contributed by atoms with Crippen LogP contribution in [0.3, 0.4) is 0 Å². The molecule has 0 aliphatic heterocycles. The predicted octanol–water partition coefficient (Wildman–Crippen LogP) is 2.78. The molecule has 0 spiro atoms. The molecule has 0 fully saturated rings. The van der Waals surface area contributed by atoms with Crippen LogP contribution in [0.25, 0.3) is 0 Å². The molecule has 18 heavy (non-hydrogen) atoms. The van der Waals surface area contributed by atoms with Gasteiger partial charge in [-0.15, -0.1) is 0 Å². The van der Waals surface area contributed by atoms with Gasteiger partial charge in [0.05, 0.1) is 6.04 Å². The lowest BCUT2D eigenvalue weighted by Gasteiger charge is -2.26. The maximum Gasteiger partial charge on any atom is 0.240 e. The predicted molar refractivity (Wildman–Crippen MR) is 78.0 cm³/mol. The number of hydrogen-bond acceptors (Lipinski definition) is 2. The molecule has 0 unspecified atom stereocenters. The summed E-state index contributed by atoms with van der Waals surface area (Å²) in [5.41, 5.74) is 7.03. The Hall–Kier alpha value is -0.870. The quantitative estimate of drug-likeness (QED) is 0.908. The minimum absolute atomic E-state index is 0.0169. The Bertz CT molecular complexity index is 407. The molecule has 2 N–H and O–H groups in total. The Morgan fingerprint density at radius 1 is 1.39 bits per heavy atom. The molecular weight excluding hydrogens is 292 g/mol. The van der Waals surface area contributed by atoms with Gasteiger partial charge < -0.3 is 10.6 Å². The van der Waals surface area contributed by atoms with Crippen LogP contribution < -0.4 is 5.73 Å². The maximum absolute atomic E-state index is 12.2. The van der Waals surface area contributed by atoms with Gasteiger partial charge in [-0.05, 0) is 24.5 Å². The van der Waals surface area contributed by atoms with Gasteiger partial charge in [0.25, 0.3) is 0 Å². The van der Waals surface area contributed by atoms with Gasteiger partial charge in [0, 0.05) is 17.6 Å². The number of hydrogen-bond donors (Lipinski definition) is 1. The number of carbonyl (C=O) groups is 1. The van der Waals surface area contributed by atoms with Crippen molar-refractivity contribution in [3.8, 4) is 0 Å². The zero-order valence-corrected chi connectivity index (χ0v) is 12.8. The first-order valence-electron chi connectivity index (χ1n) is 6.25. The molecule has 100 valence electrons. The van der Waals surface area contributed by atoms with Gasteiger partial charge in [0.1, 0.15) is 0 Å². The molecule has 4 heteroatoms. The van der Waals surface area contributed by atoms with Gasteiger partial charge in [0.2, 0.25) is 5.91 Å². The summed E-state index contributed by atoms with van der Waals surface area (Å²) in [4.78, 5) is 14.0. The molecular formula is C14H21BrN2O. The topological polar surface area (TPSA) is 46.3 Å². The zero-order chi connectivity index (χ0) is 13.7. The standard InChI is InChI=1S/C14H21BrN2O/c1-4-17(14(18)13(16)10(2)3)9-11-7-5-6-8-12(11)15/h5-8,10,13H,4,9,16H2,1-3H3/t13-/m0/s1. The fourth-order valence-corrected chi connectivity index (χ4v) is 2.08. The third kappa shape index (κ3) is 3.82. The van der Waals surface area contributed by atoms with E-state index in [-0.39, 0.29) is 11.8 Å². The van der Waals surface area contributed by atoms with Crippen LogP contribution in [0.5, 0.6) is 0 Å². The van der Waals surface area contributed by atoms with Crippen molar-refractivity contribution in [3.05, 3.63) is 34.3 Å². The molecule has 1 atom stereocenters. The molecule has 1 amide bonds. The van der Waals surface area contributed by atoms with Crippen molar-refractivity contribution in [1.82, 2.24) is 4.90 Å². The van der Waals surface area contributed by atoms with Gasteiger partial charge in [-0.25, -0.2) is 0 Å². The Kier molecular flexibility index (Phi) is 5.82. The van der Waals surface area contributed by atoms with Crippen LogP contribution in [0, 0.1) is 5.92 Å². The summed E-state index contributed by atoms with van der Waals surface area (Å²) in [6, 6.07) is 7.51. The normalized spacial score (nSPS) is 12.6. The highest BCUT2D eigenvalue weighted by Crippen LogP contribution is 2.18. The Labute approximate surface area is 117 Å². The van der Waals surface area contributed by atoms with E-state index in [1.54, 1.807) is 4.90 Å². The fourth-order valence-electron chi connectivity index (χ4n) is 1.67. The van der Waals surface area contributed by atoms with Crippen LogP contribution in [-0.4, -0.2) is 23.4 Å².